The molecule has 7 rings (SSSR count). The monoisotopic (exact) mass is 1310 g/mol. The SMILES string of the molecule is CNC(C)C(=O)NC(C(=O)N1CCCC1C(=O)Nc1sc(NC(=O)COCCOCCOCCOCCOCCOCCN(C)C(=O)Cc2cccc(CNC(=O)c3cc(C=CC4CCC(C(F)(F)F)CC4)c(OC)cn3)c2)nc1-c1ccccc1)C1CCCCC1. The van der Waals surface area contributed by atoms with E-state index in [1.165, 1.54) is 13.3 Å². The third kappa shape index (κ3) is 23.6. The minimum absolute atomic E-state index is 0.000236. The van der Waals surface area contributed by atoms with Crippen molar-refractivity contribution in [1.29, 1.82) is 0 Å². The molecule has 3 fully saturated rings. The number of allylic oxidation sites excluding steroid dienone is 1. The zero-order valence-electron chi connectivity index (χ0n) is 53.2. The lowest BCUT2D eigenvalue weighted by molar-refractivity contribution is -0.183. The van der Waals surface area contributed by atoms with Gasteiger partial charge in [0.25, 0.3) is 11.8 Å². The van der Waals surface area contributed by atoms with Crippen molar-refractivity contribution in [2.24, 2.45) is 17.8 Å². The highest BCUT2D eigenvalue weighted by atomic mass is 32.1. The fourth-order valence-corrected chi connectivity index (χ4v) is 12.0. The number of nitrogens with zero attached hydrogens (tertiary/aromatic N) is 4. The summed E-state index contributed by atoms with van der Waals surface area (Å²) in [4.78, 5) is 92.6. The second kappa shape index (κ2) is 38.3. The lowest BCUT2D eigenvalue weighted by Gasteiger charge is -2.35. The summed E-state index contributed by atoms with van der Waals surface area (Å²) in [6, 6.07) is 16.3. The average Bonchev–Trinajstić information content (AvgIpc) is 1.65. The Morgan fingerprint density at radius 1 is 0.761 bits per heavy atom. The van der Waals surface area contributed by atoms with Crippen molar-refractivity contribution < 1.29 is 75.1 Å². The van der Waals surface area contributed by atoms with E-state index in [-0.39, 0.29) is 91.9 Å². The second-order valence-corrected chi connectivity index (χ2v) is 24.1. The smallest absolute Gasteiger partial charge is 0.391 e. The summed E-state index contributed by atoms with van der Waals surface area (Å²) in [5.41, 5.74) is 3.55. The molecule has 3 aliphatic rings. The van der Waals surface area contributed by atoms with Gasteiger partial charge in [-0.25, -0.2) is 9.97 Å². The summed E-state index contributed by atoms with van der Waals surface area (Å²) < 4.78 is 78.4. The van der Waals surface area contributed by atoms with E-state index in [0.717, 1.165) is 60.1 Å². The highest BCUT2D eigenvalue weighted by Gasteiger charge is 2.43. The number of thiazole rings is 1. The quantitative estimate of drug-likeness (QED) is 0.0269. The molecule has 1 aliphatic heterocycles. The first-order valence-corrected chi connectivity index (χ1v) is 32.6. The summed E-state index contributed by atoms with van der Waals surface area (Å²) in [5.74, 6) is -2.63. The van der Waals surface area contributed by atoms with Crippen LogP contribution in [0.2, 0.25) is 0 Å². The van der Waals surface area contributed by atoms with Crippen LogP contribution in [0.1, 0.15) is 105 Å². The summed E-state index contributed by atoms with van der Waals surface area (Å²) in [6.45, 7) is 6.03. The fraction of sp³-hybridized carbons (Fsp3) is 0.576. The molecule has 3 heterocycles. The number of aromatic nitrogens is 2. The predicted molar refractivity (Wildman–Crippen MR) is 342 cm³/mol. The molecule has 92 heavy (non-hydrogen) atoms. The average molecular weight is 1310 g/mol. The van der Waals surface area contributed by atoms with E-state index in [4.69, 9.17) is 33.2 Å². The van der Waals surface area contributed by atoms with Crippen LogP contribution in [0, 0.1) is 17.8 Å². The van der Waals surface area contributed by atoms with Crippen molar-refractivity contribution in [1.82, 2.24) is 35.7 Å². The Hall–Kier alpha value is -6.91. The van der Waals surface area contributed by atoms with Gasteiger partial charge in [-0.05, 0) is 94.4 Å². The number of carbonyl (C=O) groups is 6. The summed E-state index contributed by atoms with van der Waals surface area (Å²) in [7, 11) is 4.89. The standard InChI is InChI=1S/C66H90F3N9O13S/c1-45(70-2)60(81)74-59(50-17-9-6-10-18-50)64(84)78-26-12-19-54(78)62(83)76-63-58(49-15-7-5-8-16-49)75-65(92-63)73-56(79)44-91-38-37-90-36-35-89-34-33-88-32-31-87-30-29-86-28-27-77(3)57(80)40-47-13-11-14-48(39-47)42-72-61(82)53-41-51(55(85-4)43-71-53)23-20-46-21-24-52(25-22-46)66(67,68)69/h5,7-8,11,13-16,20,23,39,41,43,45-46,50,52,54,59,70H,6,9-10,12,17-19,21-22,24-38,40,42,44H2,1-4H3,(H,72,82)(H,74,81)(H,76,83)(H,73,75,79). The van der Waals surface area contributed by atoms with Crippen LogP contribution in [0.3, 0.4) is 0 Å². The van der Waals surface area contributed by atoms with Crippen LogP contribution in [-0.4, -0.2) is 193 Å². The number of amides is 6. The fourth-order valence-electron chi connectivity index (χ4n) is 11.1. The molecular formula is C66H90F3N9O13S. The molecule has 1 saturated heterocycles. The largest absolute Gasteiger partial charge is 0.495 e. The molecule has 504 valence electrons. The van der Waals surface area contributed by atoms with Gasteiger partial charge >= 0.3 is 6.18 Å². The molecule has 3 atom stereocenters. The number of hydrogen-bond acceptors (Lipinski definition) is 17. The van der Waals surface area contributed by atoms with Crippen LogP contribution < -0.4 is 31.3 Å². The molecule has 0 spiro atoms. The van der Waals surface area contributed by atoms with Gasteiger partial charge in [-0.2, -0.15) is 13.2 Å². The molecule has 22 nitrogen and oxygen atoms in total. The highest BCUT2D eigenvalue weighted by molar-refractivity contribution is 7.20. The zero-order chi connectivity index (χ0) is 65.7. The first-order chi connectivity index (χ1) is 44.5. The van der Waals surface area contributed by atoms with E-state index in [0.29, 0.717) is 120 Å². The van der Waals surface area contributed by atoms with Gasteiger partial charge in [0, 0.05) is 37.8 Å². The second-order valence-electron chi connectivity index (χ2n) is 23.1. The van der Waals surface area contributed by atoms with E-state index < -0.39 is 42.0 Å². The molecular weight excluding hydrogens is 1220 g/mol. The van der Waals surface area contributed by atoms with Gasteiger partial charge in [0.15, 0.2) is 5.13 Å². The maximum absolute atomic E-state index is 14.3. The van der Waals surface area contributed by atoms with Crippen molar-refractivity contribution in [2.45, 2.75) is 115 Å². The maximum atomic E-state index is 14.3. The number of pyridine rings is 1. The number of nitrogens with one attached hydrogen (secondary N) is 5. The van der Waals surface area contributed by atoms with Crippen LogP contribution in [0.25, 0.3) is 17.3 Å². The topological polar surface area (TPSA) is 259 Å². The third-order valence-corrected chi connectivity index (χ3v) is 17.4. The predicted octanol–water partition coefficient (Wildman–Crippen LogP) is 7.87. The van der Waals surface area contributed by atoms with Gasteiger partial charge in [-0.15, -0.1) is 0 Å². The molecule has 0 bridgehead atoms. The van der Waals surface area contributed by atoms with Crippen LogP contribution in [0.5, 0.6) is 5.75 Å². The van der Waals surface area contributed by atoms with Gasteiger partial charge in [0.1, 0.15) is 40.8 Å². The number of halogens is 3. The van der Waals surface area contributed by atoms with Crippen molar-refractivity contribution in [3.8, 4) is 17.0 Å². The molecule has 2 aromatic heterocycles. The van der Waals surface area contributed by atoms with Crippen LogP contribution >= 0.6 is 11.3 Å². The van der Waals surface area contributed by atoms with Crippen LogP contribution in [0.15, 0.2) is 72.9 Å². The number of anilines is 2. The Balaban J connectivity index is 0.687. The minimum Gasteiger partial charge on any atom is -0.495 e. The molecule has 2 aromatic carbocycles. The molecule has 0 radical (unpaired) electrons. The normalized spacial score (nSPS) is 17.7. The molecule has 5 N–H and O–H groups in total. The molecule has 3 unspecified atom stereocenters. The van der Waals surface area contributed by atoms with Gasteiger partial charge in [0.05, 0.1) is 104 Å². The number of likely N-dealkylation sites (N-methyl/N-ethyl adjacent to an activating group) is 2. The highest BCUT2D eigenvalue weighted by Crippen LogP contribution is 2.41. The number of likely N-dealkylation sites (tertiary alicyclic amines) is 1. The Bertz CT molecular complexity index is 3000. The van der Waals surface area contributed by atoms with E-state index in [2.05, 4.69) is 36.6 Å². The van der Waals surface area contributed by atoms with E-state index in [9.17, 15) is 41.9 Å². The molecule has 26 heteroatoms. The van der Waals surface area contributed by atoms with Gasteiger partial charge < -0.3 is 64.2 Å². The van der Waals surface area contributed by atoms with E-state index >= 15 is 0 Å². The Morgan fingerprint density at radius 2 is 1.40 bits per heavy atom. The van der Waals surface area contributed by atoms with Gasteiger partial charge in [0.2, 0.25) is 23.6 Å². The Morgan fingerprint density at radius 3 is 2.04 bits per heavy atom. The van der Waals surface area contributed by atoms with Crippen molar-refractivity contribution in [2.75, 3.05) is 124 Å². The van der Waals surface area contributed by atoms with Crippen LogP contribution in [-0.2, 0) is 65.4 Å². The molecule has 2 saturated carbocycles. The lowest BCUT2D eigenvalue weighted by Crippen LogP contribution is -2.57. The summed E-state index contributed by atoms with van der Waals surface area (Å²) in [5, 5.41) is 15.3. The number of hydrogen-bond donors (Lipinski definition) is 5. The van der Waals surface area contributed by atoms with E-state index in [1.807, 2.05) is 60.7 Å². The van der Waals surface area contributed by atoms with Gasteiger partial charge in [-0.3, -0.25) is 34.1 Å². The van der Waals surface area contributed by atoms with Crippen LogP contribution in [0.4, 0.5) is 23.3 Å². The minimum atomic E-state index is -4.17. The molecule has 6 amide bonds. The van der Waals surface area contributed by atoms with Crippen molar-refractivity contribution in [3.05, 3.63) is 95.3 Å². The number of rotatable bonds is 37. The van der Waals surface area contributed by atoms with Crippen molar-refractivity contribution >= 4 is 63.0 Å². The summed E-state index contributed by atoms with van der Waals surface area (Å²) >= 11 is 1.11. The molecule has 2 aliphatic carbocycles. The van der Waals surface area contributed by atoms with E-state index in [1.54, 1.807) is 43.0 Å². The van der Waals surface area contributed by atoms with Gasteiger partial charge in [-0.1, -0.05) is 97.3 Å². The number of alkyl halides is 3. The Labute approximate surface area is 540 Å². The zero-order valence-corrected chi connectivity index (χ0v) is 54.0. The first-order valence-electron chi connectivity index (χ1n) is 31.8. The maximum Gasteiger partial charge on any atom is 0.391 e. The number of benzene rings is 2. The third-order valence-electron chi connectivity index (χ3n) is 16.5. The lowest BCUT2D eigenvalue weighted by atomic mass is 9.81. The summed E-state index contributed by atoms with van der Waals surface area (Å²) in [6.07, 6.45) is 8.00. The molecule has 4 aromatic rings. The Kier molecular flexibility index (Phi) is 30.2. The number of methoxy groups -OCH3 is 1. The first kappa shape index (κ1) is 72.5. The number of ether oxygens (including phenoxy) is 7. The van der Waals surface area contributed by atoms with Crippen molar-refractivity contribution in [3.63, 3.8) is 0 Å². The number of carbonyl (C=O) groups excluding carboxylic acids is 6.